The van der Waals surface area contributed by atoms with Gasteiger partial charge in [0.15, 0.2) is 6.61 Å². The second kappa shape index (κ2) is 4.86. The third-order valence-corrected chi connectivity index (χ3v) is 3.28. The number of benzene rings is 1. The second-order valence-corrected chi connectivity index (χ2v) is 4.74. The Kier molecular flexibility index (Phi) is 3.06. The molecule has 1 amide bonds. The van der Waals surface area contributed by atoms with E-state index in [9.17, 15) is 4.79 Å². The van der Waals surface area contributed by atoms with E-state index in [1.54, 1.807) is 0 Å². The van der Waals surface area contributed by atoms with Crippen molar-refractivity contribution >= 4 is 17.3 Å². The van der Waals surface area contributed by atoms with Crippen molar-refractivity contribution in [1.82, 2.24) is 5.32 Å². The molecule has 2 heterocycles. The molecule has 0 aromatic heterocycles. The molecule has 1 fully saturated rings. The van der Waals surface area contributed by atoms with Crippen molar-refractivity contribution in [2.45, 2.75) is 18.9 Å². The Hall–Kier alpha value is -1.75. The van der Waals surface area contributed by atoms with Gasteiger partial charge >= 0.3 is 0 Å². The summed E-state index contributed by atoms with van der Waals surface area (Å²) in [5, 5.41) is 9.66. The van der Waals surface area contributed by atoms with Gasteiger partial charge in [-0.05, 0) is 37.6 Å². The first-order valence-corrected chi connectivity index (χ1v) is 6.35. The van der Waals surface area contributed by atoms with E-state index in [-0.39, 0.29) is 12.5 Å². The van der Waals surface area contributed by atoms with Gasteiger partial charge in [-0.1, -0.05) is 0 Å². The predicted octanol–water partition coefficient (Wildman–Crippen LogP) is 1.18. The maximum Gasteiger partial charge on any atom is 0.262 e. The van der Waals surface area contributed by atoms with E-state index in [1.807, 2.05) is 18.2 Å². The molecule has 1 atom stereocenters. The molecule has 0 aliphatic carbocycles. The van der Waals surface area contributed by atoms with Crippen molar-refractivity contribution in [3.8, 4) is 5.75 Å². The number of amides is 1. The monoisotopic (exact) mass is 247 g/mol. The molecule has 0 spiro atoms. The molecule has 1 unspecified atom stereocenters. The molecule has 5 nitrogen and oxygen atoms in total. The molecule has 18 heavy (non-hydrogen) atoms. The molecule has 0 saturated carbocycles. The van der Waals surface area contributed by atoms with Crippen molar-refractivity contribution in [2.75, 3.05) is 30.3 Å². The number of ether oxygens (including phenoxy) is 1. The Labute approximate surface area is 106 Å². The van der Waals surface area contributed by atoms with E-state index < -0.39 is 0 Å². The fraction of sp³-hybridized carbons (Fsp3) is 0.462. The SMILES string of the molecule is O=C1COc2ccc(NC3CCCNC3)cc2N1. The van der Waals surface area contributed by atoms with Gasteiger partial charge in [0.2, 0.25) is 0 Å². The average Bonchev–Trinajstić information content (AvgIpc) is 2.39. The highest BCUT2D eigenvalue weighted by molar-refractivity contribution is 5.96. The van der Waals surface area contributed by atoms with Crippen LogP contribution in [0.25, 0.3) is 0 Å². The standard InChI is InChI=1S/C13H17N3O2/c17-13-8-18-12-4-3-9(6-11(12)16-13)15-10-2-1-5-14-7-10/h3-4,6,10,14-15H,1-2,5,7-8H2,(H,16,17). The number of nitrogens with one attached hydrogen (secondary N) is 3. The van der Waals surface area contributed by atoms with E-state index in [0.29, 0.717) is 6.04 Å². The summed E-state index contributed by atoms with van der Waals surface area (Å²) in [5.41, 5.74) is 1.77. The van der Waals surface area contributed by atoms with Gasteiger partial charge in [0, 0.05) is 18.3 Å². The summed E-state index contributed by atoms with van der Waals surface area (Å²) in [6.45, 7) is 2.19. The Morgan fingerprint density at radius 2 is 2.33 bits per heavy atom. The Morgan fingerprint density at radius 3 is 3.17 bits per heavy atom. The van der Waals surface area contributed by atoms with Gasteiger partial charge in [0.05, 0.1) is 5.69 Å². The van der Waals surface area contributed by atoms with Gasteiger partial charge in [-0.15, -0.1) is 0 Å². The topological polar surface area (TPSA) is 62.4 Å². The summed E-state index contributed by atoms with van der Waals surface area (Å²) in [5.74, 6) is 0.640. The van der Waals surface area contributed by atoms with E-state index in [1.165, 1.54) is 12.8 Å². The normalized spacial score (nSPS) is 22.7. The van der Waals surface area contributed by atoms with Crippen LogP contribution in [0.1, 0.15) is 12.8 Å². The van der Waals surface area contributed by atoms with E-state index >= 15 is 0 Å². The third kappa shape index (κ3) is 2.41. The Bertz CT molecular complexity index is 456. The summed E-state index contributed by atoms with van der Waals surface area (Å²) < 4.78 is 5.33. The van der Waals surface area contributed by atoms with Gasteiger partial charge in [0.1, 0.15) is 5.75 Å². The van der Waals surface area contributed by atoms with Crippen LogP contribution in [0.2, 0.25) is 0 Å². The van der Waals surface area contributed by atoms with Gasteiger partial charge in [-0.3, -0.25) is 4.79 Å². The lowest BCUT2D eigenvalue weighted by molar-refractivity contribution is -0.118. The molecule has 3 N–H and O–H groups in total. The Morgan fingerprint density at radius 1 is 1.39 bits per heavy atom. The predicted molar refractivity (Wildman–Crippen MR) is 70.1 cm³/mol. The number of carbonyl (C=O) groups is 1. The molecule has 2 aliphatic heterocycles. The highest BCUT2D eigenvalue weighted by atomic mass is 16.5. The van der Waals surface area contributed by atoms with Gasteiger partial charge in [-0.25, -0.2) is 0 Å². The fourth-order valence-electron chi connectivity index (χ4n) is 2.38. The van der Waals surface area contributed by atoms with Gasteiger partial charge in [-0.2, -0.15) is 0 Å². The molecule has 5 heteroatoms. The maximum atomic E-state index is 11.3. The molecule has 1 aromatic carbocycles. The summed E-state index contributed by atoms with van der Waals surface area (Å²) in [4.78, 5) is 11.3. The highest BCUT2D eigenvalue weighted by Crippen LogP contribution is 2.30. The first-order chi connectivity index (χ1) is 8.81. The molecule has 3 rings (SSSR count). The average molecular weight is 247 g/mol. The van der Waals surface area contributed by atoms with Crippen molar-refractivity contribution in [3.05, 3.63) is 18.2 Å². The minimum atomic E-state index is -0.0982. The van der Waals surface area contributed by atoms with Crippen molar-refractivity contribution in [2.24, 2.45) is 0 Å². The lowest BCUT2D eigenvalue weighted by Crippen LogP contribution is -2.38. The zero-order chi connectivity index (χ0) is 12.4. The number of anilines is 2. The number of hydrogen-bond donors (Lipinski definition) is 3. The third-order valence-electron chi connectivity index (χ3n) is 3.28. The highest BCUT2D eigenvalue weighted by Gasteiger charge is 2.17. The number of hydrogen-bond acceptors (Lipinski definition) is 4. The molecule has 0 radical (unpaired) electrons. The zero-order valence-corrected chi connectivity index (χ0v) is 10.2. The van der Waals surface area contributed by atoms with Crippen LogP contribution >= 0.6 is 0 Å². The number of piperidine rings is 1. The molecular formula is C13H17N3O2. The molecule has 96 valence electrons. The lowest BCUT2D eigenvalue weighted by atomic mass is 10.1. The van der Waals surface area contributed by atoms with Crippen molar-refractivity contribution in [1.29, 1.82) is 0 Å². The lowest BCUT2D eigenvalue weighted by Gasteiger charge is -2.26. The van der Waals surface area contributed by atoms with E-state index in [4.69, 9.17) is 4.74 Å². The van der Waals surface area contributed by atoms with Gasteiger partial charge in [0.25, 0.3) is 5.91 Å². The van der Waals surface area contributed by atoms with Crippen LogP contribution in [-0.2, 0) is 4.79 Å². The first kappa shape index (κ1) is 11.3. The second-order valence-electron chi connectivity index (χ2n) is 4.74. The number of fused-ring (bicyclic) bond motifs is 1. The van der Waals surface area contributed by atoms with Crippen LogP contribution in [0.4, 0.5) is 11.4 Å². The van der Waals surface area contributed by atoms with E-state index in [0.717, 1.165) is 30.2 Å². The molecule has 1 aromatic rings. The Balaban J connectivity index is 1.73. The largest absolute Gasteiger partial charge is 0.482 e. The zero-order valence-electron chi connectivity index (χ0n) is 10.2. The van der Waals surface area contributed by atoms with E-state index in [2.05, 4.69) is 16.0 Å². The van der Waals surface area contributed by atoms with Crippen LogP contribution in [0.15, 0.2) is 18.2 Å². The molecule has 0 bridgehead atoms. The summed E-state index contributed by atoms with van der Waals surface area (Å²) in [6.07, 6.45) is 2.37. The van der Waals surface area contributed by atoms with Crippen LogP contribution in [0, 0.1) is 0 Å². The number of carbonyl (C=O) groups excluding carboxylic acids is 1. The molecular weight excluding hydrogens is 230 g/mol. The van der Waals surface area contributed by atoms with Crippen LogP contribution in [0.5, 0.6) is 5.75 Å². The van der Waals surface area contributed by atoms with Crippen LogP contribution < -0.4 is 20.7 Å². The fourth-order valence-corrected chi connectivity index (χ4v) is 2.38. The maximum absolute atomic E-state index is 11.3. The molecule has 1 saturated heterocycles. The summed E-state index contributed by atoms with van der Waals surface area (Å²) in [6, 6.07) is 6.27. The quantitative estimate of drug-likeness (QED) is 0.734. The summed E-state index contributed by atoms with van der Waals surface area (Å²) in [7, 11) is 0. The van der Waals surface area contributed by atoms with Crippen molar-refractivity contribution in [3.63, 3.8) is 0 Å². The minimum absolute atomic E-state index is 0.0982. The summed E-state index contributed by atoms with van der Waals surface area (Å²) >= 11 is 0. The van der Waals surface area contributed by atoms with Crippen LogP contribution in [0.3, 0.4) is 0 Å². The first-order valence-electron chi connectivity index (χ1n) is 6.35. The van der Waals surface area contributed by atoms with Gasteiger partial charge < -0.3 is 20.7 Å². The number of rotatable bonds is 2. The smallest absolute Gasteiger partial charge is 0.262 e. The molecule has 2 aliphatic rings. The minimum Gasteiger partial charge on any atom is -0.482 e. The van der Waals surface area contributed by atoms with Crippen molar-refractivity contribution < 1.29 is 9.53 Å². The van der Waals surface area contributed by atoms with Crippen LogP contribution in [-0.4, -0.2) is 31.6 Å².